The van der Waals surface area contributed by atoms with E-state index < -0.39 is 41.5 Å². The maximum absolute atomic E-state index is 14.7. The molecule has 0 aromatic carbocycles. The molecule has 28 heavy (non-hydrogen) atoms. The summed E-state index contributed by atoms with van der Waals surface area (Å²) in [6, 6.07) is 0. The zero-order chi connectivity index (χ0) is 20.6. The molecule has 12 nitrogen and oxygen atoms in total. The molecule has 1 aliphatic rings. The number of aliphatic hydroxyl groups excluding tert-OH is 2. The van der Waals surface area contributed by atoms with Gasteiger partial charge in [0.1, 0.15) is 29.4 Å². The lowest BCUT2D eigenvalue weighted by Crippen LogP contribution is -2.33. The highest BCUT2D eigenvalue weighted by atomic mass is 32.2. The van der Waals surface area contributed by atoms with Crippen LogP contribution in [0.1, 0.15) is 13.2 Å². The van der Waals surface area contributed by atoms with E-state index >= 15 is 0 Å². The fourth-order valence-electron chi connectivity index (χ4n) is 2.65. The van der Waals surface area contributed by atoms with Crippen molar-refractivity contribution < 1.29 is 31.9 Å². The Balaban J connectivity index is 1.95. The number of alkyl halides is 1. The Morgan fingerprint density at radius 1 is 1.50 bits per heavy atom. The van der Waals surface area contributed by atoms with Crippen molar-refractivity contribution in [2.24, 2.45) is 5.14 Å². The highest BCUT2D eigenvalue weighted by Gasteiger charge is 2.47. The van der Waals surface area contributed by atoms with Gasteiger partial charge in [0.25, 0.3) is 0 Å². The summed E-state index contributed by atoms with van der Waals surface area (Å²) in [5.74, 6) is 0.104. The van der Waals surface area contributed by atoms with Crippen LogP contribution in [0.4, 0.5) is 10.2 Å². The van der Waals surface area contributed by atoms with E-state index in [0.717, 1.165) is 4.68 Å². The molecule has 0 radical (unpaired) electrons. The number of nitrogens with two attached hydrogens (primary N) is 2. The molecule has 6 N–H and O–H groups in total. The normalized spacial score (nSPS) is 26.8. The van der Waals surface area contributed by atoms with Crippen LogP contribution in [0.25, 0.3) is 11.0 Å². The summed E-state index contributed by atoms with van der Waals surface area (Å²) in [7, 11) is -4.29. The molecule has 0 saturated carbocycles. The van der Waals surface area contributed by atoms with Gasteiger partial charge in [0.15, 0.2) is 18.0 Å². The molecule has 0 amide bonds. The van der Waals surface area contributed by atoms with Gasteiger partial charge in [0.2, 0.25) is 0 Å². The van der Waals surface area contributed by atoms with Gasteiger partial charge in [0.05, 0.1) is 18.6 Å². The number of hydrogen-bond donors (Lipinski definition) is 4. The molecule has 156 valence electrons. The van der Waals surface area contributed by atoms with Crippen molar-refractivity contribution in [1.82, 2.24) is 19.7 Å². The molecule has 3 heterocycles. The number of thioether (sulfide) groups is 1. The highest BCUT2D eigenvalue weighted by Crippen LogP contribution is 2.38. The number of nitrogens with zero attached hydrogens (tertiary/aromatic N) is 4. The van der Waals surface area contributed by atoms with Crippen molar-refractivity contribution in [2.75, 3.05) is 18.9 Å². The Bertz CT molecular complexity index is 958. The third-order valence-corrected chi connectivity index (χ3v) is 5.51. The summed E-state index contributed by atoms with van der Waals surface area (Å²) < 4.78 is 47.5. The van der Waals surface area contributed by atoms with Crippen LogP contribution in [0.5, 0.6) is 0 Å². The van der Waals surface area contributed by atoms with E-state index in [-0.39, 0.29) is 23.3 Å². The summed E-state index contributed by atoms with van der Waals surface area (Å²) in [6.45, 7) is 0.949. The molecule has 1 fully saturated rings. The highest BCUT2D eigenvalue weighted by molar-refractivity contribution is 8.00. The van der Waals surface area contributed by atoms with Crippen LogP contribution in [0.3, 0.4) is 0 Å². The Morgan fingerprint density at radius 3 is 2.86 bits per heavy atom. The van der Waals surface area contributed by atoms with Gasteiger partial charge in [-0.05, 0) is 0 Å². The number of fused-ring (bicyclic) bond motifs is 1. The second kappa shape index (κ2) is 8.02. The van der Waals surface area contributed by atoms with Gasteiger partial charge < -0.3 is 20.7 Å². The summed E-state index contributed by atoms with van der Waals surface area (Å²) in [5, 5.41) is 28.8. The van der Waals surface area contributed by atoms with Crippen LogP contribution in [0, 0.1) is 0 Å². The first-order valence-corrected chi connectivity index (χ1v) is 10.4. The average molecular weight is 438 g/mol. The zero-order valence-corrected chi connectivity index (χ0v) is 16.2. The quantitative estimate of drug-likeness (QED) is 0.376. The number of ether oxygens (including phenoxy) is 1. The van der Waals surface area contributed by atoms with Crippen molar-refractivity contribution in [1.29, 1.82) is 0 Å². The maximum Gasteiger partial charge on any atom is 0.333 e. The summed E-state index contributed by atoms with van der Waals surface area (Å²) >= 11 is 1.18. The predicted octanol–water partition coefficient (Wildman–Crippen LogP) is -1.30. The minimum absolute atomic E-state index is 0.104. The largest absolute Gasteiger partial charge is 0.395 e. The molecule has 0 aliphatic carbocycles. The molecule has 2 aromatic rings. The summed E-state index contributed by atoms with van der Waals surface area (Å²) in [5.41, 5.74) is 6.07. The van der Waals surface area contributed by atoms with Gasteiger partial charge in [-0.2, -0.15) is 13.5 Å². The lowest BCUT2D eigenvalue weighted by molar-refractivity contribution is -0.0456. The molecular formula is C13H19FN6O6S2. The molecule has 2 aromatic heterocycles. The minimum Gasteiger partial charge on any atom is -0.395 e. The van der Waals surface area contributed by atoms with Crippen LogP contribution in [-0.2, 0) is 19.2 Å². The number of rotatable bonds is 7. The fraction of sp³-hybridized carbons (Fsp3) is 0.615. The lowest BCUT2D eigenvalue weighted by atomic mass is 10.1. The number of aliphatic hydroxyl groups is 2. The number of hydrogen-bond acceptors (Lipinski definition) is 11. The summed E-state index contributed by atoms with van der Waals surface area (Å²) in [4.78, 5) is 7.97. The Hall–Kier alpha value is -1.62. The van der Waals surface area contributed by atoms with Crippen LogP contribution in [0.2, 0.25) is 0 Å². The van der Waals surface area contributed by atoms with E-state index in [1.807, 2.05) is 0 Å². The number of nitrogen functional groups attached to an aromatic ring is 1. The van der Waals surface area contributed by atoms with Gasteiger partial charge in [-0.15, -0.1) is 0 Å². The van der Waals surface area contributed by atoms with E-state index in [9.17, 15) is 23.0 Å². The Morgan fingerprint density at radius 2 is 2.21 bits per heavy atom. The van der Waals surface area contributed by atoms with E-state index in [1.165, 1.54) is 18.1 Å². The van der Waals surface area contributed by atoms with Crippen LogP contribution >= 0.6 is 11.8 Å². The molecule has 5 atom stereocenters. The first-order chi connectivity index (χ1) is 13.1. The number of halogens is 1. The fourth-order valence-corrected chi connectivity index (χ4v) is 3.88. The number of anilines is 1. The Kier molecular flexibility index (Phi) is 6.04. The molecule has 3 rings (SSSR count). The molecule has 0 spiro atoms. The van der Waals surface area contributed by atoms with Crippen molar-refractivity contribution in [2.45, 2.75) is 41.8 Å². The lowest BCUT2D eigenvalue weighted by Gasteiger charge is -2.14. The van der Waals surface area contributed by atoms with Gasteiger partial charge >= 0.3 is 10.3 Å². The zero-order valence-electron chi connectivity index (χ0n) is 14.5. The van der Waals surface area contributed by atoms with E-state index in [0.29, 0.717) is 10.4 Å². The van der Waals surface area contributed by atoms with E-state index in [2.05, 4.69) is 19.2 Å². The first-order valence-electron chi connectivity index (χ1n) is 8.03. The monoisotopic (exact) mass is 438 g/mol. The molecule has 0 bridgehead atoms. The molecule has 1 aliphatic heterocycles. The molecule has 1 unspecified atom stereocenters. The standard InChI is InChI=1S/C13H19FN6O6S2/c1-5(2-21)27-12-7-10(15)17-4-18-11(7)20(19-12)13-8(14)9(22)6(26-13)3-25-28(16,23)24/h4-6,8-9,13,21-22H,2-3H2,1H3,(H2,15,17,18)(H2,16,23,24)/t5?,6-,8+,9-,13-/m1/s1. The predicted molar refractivity (Wildman–Crippen MR) is 96.0 cm³/mol. The Labute approximate surface area is 163 Å². The van der Waals surface area contributed by atoms with E-state index in [1.54, 1.807) is 6.92 Å². The molecule has 1 saturated heterocycles. The smallest absolute Gasteiger partial charge is 0.333 e. The third kappa shape index (κ3) is 4.19. The van der Waals surface area contributed by atoms with E-state index in [4.69, 9.17) is 15.6 Å². The van der Waals surface area contributed by atoms with Crippen LogP contribution in [-0.4, -0.2) is 75.2 Å². The van der Waals surface area contributed by atoms with Crippen molar-refractivity contribution in [3.8, 4) is 0 Å². The van der Waals surface area contributed by atoms with Crippen molar-refractivity contribution >= 4 is 38.9 Å². The minimum atomic E-state index is -4.29. The van der Waals surface area contributed by atoms with Gasteiger partial charge in [-0.25, -0.2) is 24.2 Å². The van der Waals surface area contributed by atoms with Crippen molar-refractivity contribution in [3.63, 3.8) is 0 Å². The second-order valence-corrected chi connectivity index (χ2v) is 8.74. The first kappa shape index (κ1) is 21.1. The average Bonchev–Trinajstić information content (AvgIpc) is 3.12. The maximum atomic E-state index is 14.7. The second-order valence-electron chi connectivity index (χ2n) is 6.10. The van der Waals surface area contributed by atoms with Gasteiger partial charge in [-0.3, -0.25) is 4.18 Å². The van der Waals surface area contributed by atoms with Gasteiger partial charge in [0, 0.05) is 5.25 Å². The topological polar surface area (TPSA) is 189 Å². The van der Waals surface area contributed by atoms with Gasteiger partial charge in [-0.1, -0.05) is 18.7 Å². The third-order valence-electron chi connectivity index (χ3n) is 3.99. The summed E-state index contributed by atoms with van der Waals surface area (Å²) in [6.07, 6.45) is -5.19. The van der Waals surface area contributed by atoms with Crippen LogP contribution < -0.4 is 10.9 Å². The number of aromatic nitrogens is 4. The molecule has 15 heteroatoms. The molecular weight excluding hydrogens is 419 g/mol. The van der Waals surface area contributed by atoms with Crippen LogP contribution in [0.15, 0.2) is 11.4 Å². The SMILES string of the molecule is CC(CO)Sc1nn([C@@H]2O[C@H](COS(N)(=O)=O)[C@@H](O)[C@@H]2F)c2ncnc(N)c12. The van der Waals surface area contributed by atoms with Crippen molar-refractivity contribution in [3.05, 3.63) is 6.33 Å².